The standard InChI is InChI=1S/C14H19FN2O/c1-10-5-6-11(15)8-13(10)14(18)17(2)12-4-3-7-16-9-12/h5-6,8,12,16H,3-4,7,9H2,1-2H3. The lowest BCUT2D eigenvalue weighted by Crippen LogP contribution is -2.46. The van der Waals surface area contributed by atoms with E-state index in [4.69, 9.17) is 0 Å². The summed E-state index contributed by atoms with van der Waals surface area (Å²) in [5.41, 5.74) is 1.28. The van der Waals surface area contributed by atoms with Gasteiger partial charge in [-0.25, -0.2) is 4.39 Å². The van der Waals surface area contributed by atoms with Crippen molar-refractivity contribution < 1.29 is 9.18 Å². The molecule has 1 amide bonds. The molecule has 1 unspecified atom stereocenters. The third-order valence-corrected chi connectivity index (χ3v) is 3.57. The fourth-order valence-electron chi connectivity index (χ4n) is 2.34. The van der Waals surface area contributed by atoms with Gasteiger partial charge in [-0.05, 0) is 44.0 Å². The van der Waals surface area contributed by atoms with E-state index in [2.05, 4.69) is 5.32 Å². The van der Waals surface area contributed by atoms with Gasteiger partial charge in [-0.15, -0.1) is 0 Å². The van der Waals surface area contributed by atoms with Gasteiger partial charge in [0.2, 0.25) is 0 Å². The van der Waals surface area contributed by atoms with E-state index < -0.39 is 0 Å². The lowest BCUT2D eigenvalue weighted by Gasteiger charge is -2.32. The van der Waals surface area contributed by atoms with Gasteiger partial charge in [-0.2, -0.15) is 0 Å². The molecular weight excluding hydrogens is 231 g/mol. The van der Waals surface area contributed by atoms with Crippen molar-refractivity contribution in [3.63, 3.8) is 0 Å². The predicted molar refractivity (Wildman–Crippen MR) is 69.1 cm³/mol. The van der Waals surface area contributed by atoms with Gasteiger partial charge >= 0.3 is 0 Å². The number of aryl methyl sites for hydroxylation is 1. The van der Waals surface area contributed by atoms with Gasteiger partial charge in [-0.3, -0.25) is 4.79 Å². The topological polar surface area (TPSA) is 32.3 Å². The first-order chi connectivity index (χ1) is 8.59. The number of benzene rings is 1. The molecule has 0 bridgehead atoms. The number of hydrogen-bond donors (Lipinski definition) is 1. The molecule has 1 aliphatic rings. The fourth-order valence-corrected chi connectivity index (χ4v) is 2.34. The van der Waals surface area contributed by atoms with Crippen LogP contribution >= 0.6 is 0 Å². The third-order valence-electron chi connectivity index (χ3n) is 3.57. The molecule has 0 radical (unpaired) electrons. The largest absolute Gasteiger partial charge is 0.337 e. The summed E-state index contributed by atoms with van der Waals surface area (Å²) in [4.78, 5) is 14.1. The predicted octanol–water partition coefficient (Wildman–Crippen LogP) is 1.96. The first-order valence-corrected chi connectivity index (χ1v) is 6.33. The van der Waals surface area contributed by atoms with Crippen LogP contribution in [0.2, 0.25) is 0 Å². The Morgan fingerprint density at radius 2 is 2.28 bits per heavy atom. The summed E-state index contributed by atoms with van der Waals surface area (Å²) in [5, 5.41) is 3.28. The Hall–Kier alpha value is -1.42. The quantitative estimate of drug-likeness (QED) is 0.870. The Balaban J connectivity index is 2.16. The highest BCUT2D eigenvalue weighted by Crippen LogP contribution is 2.16. The Kier molecular flexibility index (Phi) is 3.97. The molecule has 1 fully saturated rings. The highest BCUT2D eigenvalue weighted by atomic mass is 19.1. The number of likely N-dealkylation sites (N-methyl/N-ethyl adjacent to an activating group) is 1. The van der Waals surface area contributed by atoms with Crippen molar-refractivity contribution in [3.05, 3.63) is 35.1 Å². The van der Waals surface area contributed by atoms with Crippen molar-refractivity contribution in [2.45, 2.75) is 25.8 Å². The molecule has 18 heavy (non-hydrogen) atoms. The Morgan fingerprint density at radius 3 is 2.94 bits per heavy atom. The van der Waals surface area contributed by atoms with E-state index in [-0.39, 0.29) is 17.8 Å². The number of nitrogens with zero attached hydrogens (tertiary/aromatic N) is 1. The van der Waals surface area contributed by atoms with Crippen LogP contribution in [-0.2, 0) is 0 Å². The van der Waals surface area contributed by atoms with Crippen LogP contribution in [0.3, 0.4) is 0 Å². The van der Waals surface area contributed by atoms with Gasteiger partial charge < -0.3 is 10.2 Å². The van der Waals surface area contributed by atoms with Crippen molar-refractivity contribution in [1.29, 1.82) is 0 Å². The lowest BCUT2D eigenvalue weighted by atomic mass is 10.0. The Morgan fingerprint density at radius 1 is 1.50 bits per heavy atom. The summed E-state index contributed by atoms with van der Waals surface area (Å²) >= 11 is 0. The molecule has 1 aliphatic heterocycles. The van der Waals surface area contributed by atoms with Gasteiger partial charge in [0.05, 0.1) is 0 Å². The van der Waals surface area contributed by atoms with E-state index in [1.807, 2.05) is 6.92 Å². The first-order valence-electron chi connectivity index (χ1n) is 6.33. The smallest absolute Gasteiger partial charge is 0.254 e. The molecule has 1 saturated heterocycles. The van der Waals surface area contributed by atoms with E-state index >= 15 is 0 Å². The van der Waals surface area contributed by atoms with Crippen LogP contribution in [-0.4, -0.2) is 37.0 Å². The fraction of sp³-hybridized carbons (Fsp3) is 0.500. The molecule has 4 heteroatoms. The van der Waals surface area contributed by atoms with Crippen LogP contribution in [0.4, 0.5) is 4.39 Å². The summed E-state index contributed by atoms with van der Waals surface area (Å²) in [5.74, 6) is -0.459. The minimum atomic E-state index is -0.362. The van der Waals surface area contributed by atoms with Crippen molar-refractivity contribution in [1.82, 2.24) is 10.2 Å². The number of nitrogens with one attached hydrogen (secondary N) is 1. The van der Waals surface area contributed by atoms with Crippen LogP contribution in [0.25, 0.3) is 0 Å². The van der Waals surface area contributed by atoms with Crippen LogP contribution < -0.4 is 5.32 Å². The number of halogens is 1. The van der Waals surface area contributed by atoms with Crippen molar-refractivity contribution in [3.8, 4) is 0 Å². The monoisotopic (exact) mass is 250 g/mol. The molecule has 3 nitrogen and oxygen atoms in total. The molecule has 1 atom stereocenters. The van der Waals surface area contributed by atoms with Crippen molar-refractivity contribution in [2.75, 3.05) is 20.1 Å². The molecule has 1 N–H and O–H groups in total. The second-order valence-corrected chi connectivity index (χ2v) is 4.88. The molecule has 0 spiro atoms. The highest BCUT2D eigenvalue weighted by Gasteiger charge is 2.23. The Labute approximate surface area is 107 Å². The van der Waals surface area contributed by atoms with Crippen LogP contribution in [0.1, 0.15) is 28.8 Å². The number of piperidine rings is 1. The SMILES string of the molecule is Cc1ccc(F)cc1C(=O)N(C)C1CCCNC1. The molecular formula is C14H19FN2O. The summed E-state index contributed by atoms with van der Waals surface area (Å²) in [6.45, 7) is 3.66. The number of hydrogen-bond acceptors (Lipinski definition) is 2. The molecule has 1 aromatic rings. The third kappa shape index (κ3) is 2.70. The average molecular weight is 250 g/mol. The molecule has 2 rings (SSSR count). The normalized spacial score (nSPS) is 19.6. The maximum atomic E-state index is 13.2. The van der Waals surface area contributed by atoms with Crippen LogP contribution in [0.5, 0.6) is 0 Å². The number of carbonyl (C=O) groups excluding carboxylic acids is 1. The van der Waals surface area contributed by atoms with Gasteiger partial charge in [0.1, 0.15) is 5.82 Å². The van der Waals surface area contributed by atoms with Crippen molar-refractivity contribution >= 4 is 5.91 Å². The van der Waals surface area contributed by atoms with Gasteiger partial charge in [0.25, 0.3) is 5.91 Å². The maximum absolute atomic E-state index is 13.2. The molecule has 98 valence electrons. The maximum Gasteiger partial charge on any atom is 0.254 e. The zero-order valence-electron chi connectivity index (χ0n) is 10.9. The van der Waals surface area contributed by atoms with Gasteiger partial charge in [0, 0.05) is 25.2 Å². The summed E-state index contributed by atoms with van der Waals surface area (Å²) < 4.78 is 13.2. The van der Waals surface area contributed by atoms with Crippen molar-refractivity contribution in [2.24, 2.45) is 0 Å². The molecule has 0 aromatic heterocycles. The summed E-state index contributed by atoms with van der Waals surface area (Å²) in [6.07, 6.45) is 2.08. The molecule has 0 saturated carbocycles. The molecule has 1 heterocycles. The molecule has 0 aliphatic carbocycles. The van der Waals surface area contributed by atoms with Gasteiger partial charge in [-0.1, -0.05) is 6.07 Å². The van der Waals surface area contributed by atoms with E-state index in [1.165, 1.54) is 12.1 Å². The van der Waals surface area contributed by atoms with E-state index in [0.717, 1.165) is 31.5 Å². The highest BCUT2D eigenvalue weighted by molar-refractivity contribution is 5.95. The van der Waals surface area contributed by atoms with Gasteiger partial charge in [0.15, 0.2) is 0 Å². The Bertz CT molecular complexity index is 441. The zero-order chi connectivity index (χ0) is 13.1. The second kappa shape index (κ2) is 5.48. The number of carbonyl (C=O) groups is 1. The minimum absolute atomic E-state index is 0.0966. The minimum Gasteiger partial charge on any atom is -0.337 e. The van der Waals surface area contributed by atoms with Crippen LogP contribution in [0, 0.1) is 12.7 Å². The summed E-state index contributed by atoms with van der Waals surface area (Å²) in [6, 6.07) is 4.56. The average Bonchev–Trinajstić information content (AvgIpc) is 2.41. The molecule has 1 aromatic carbocycles. The first kappa shape index (κ1) is 13.0. The number of rotatable bonds is 2. The van der Waals surface area contributed by atoms with E-state index in [9.17, 15) is 9.18 Å². The second-order valence-electron chi connectivity index (χ2n) is 4.88. The summed E-state index contributed by atoms with van der Waals surface area (Å²) in [7, 11) is 1.80. The van der Waals surface area contributed by atoms with Crippen LogP contribution in [0.15, 0.2) is 18.2 Å². The van der Waals surface area contributed by atoms with E-state index in [0.29, 0.717) is 5.56 Å². The zero-order valence-corrected chi connectivity index (χ0v) is 10.9. The van der Waals surface area contributed by atoms with E-state index in [1.54, 1.807) is 18.0 Å². The lowest BCUT2D eigenvalue weighted by molar-refractivity contribution is 0.0707. The number of amides is 1.